The van der Waals surface area contributed by atoms with E-state index >= 15 is 0 Å². The molecule has 0 saturated carbocycles. The lowest BCUT2D eigenvalue weighted by molar-refractivity contribution is -0.149. The molecule has 1 rings (SSSR count). The Labute approximate surface area is 116 Å². The van der Waals surface area contributed by atoms with Crippen LogP contribution in [0.5, 0.6) is 5.75 Å². The molecule has 0 radical (unpaired) electrons. The van der Waals surface area contributed by atoms with Gasteiger partial charge in [-0.05, 0) is 24.3 Å². The maximum atomic E-state index is 12.4. The molecule has 0 heterocycles. The number of alkyl halides is 4. The van der Waals surface area contributed by atoms with E-state index in [9.17, 15) is 18.0 Å². The van der Waals surface area contributed by atoms with Crippen molar-refractivity contribution in [1.82, 2.24) is 0 Å². The van der Waals surface area contributed by atoms with E-state index in [0.29, 0.717) is 11.8 Å². The predicted octanol–water partition coefficient (Wildman–Crippen LogP) is 3.41. The molecule has 1 aromatic rings. The summed E-state index contributed by atoms with van der Waals surface area (Å²) >= 11 is 3.16. The van der Waals surface area contributed by atoms with Crippen molar-refractivity contribution in [3.05, 3.63) is 29.8 Å². The fourth-order valence-electron chi connectivity index (χ4n) is 1.34. The molecule has 0 spiro atoms. The second-order valence-corrected chi connectivity index (χ2v) is 4.42. The van der Waals surface area contributed by atoms with Gasteiger partial charge in [-0.15, -0.1) is 0 Å². The molecule has 0 bridgehead atoms. The number of halogens is 4. The first-order chi connectivity index (χ1) is 8.88. The predicted molar refractivity (Wildman–Crippen MR) is 66.3 cm³/mol. The lowest BCUT2D eigenvalue weighted by atomic mass is 10.2. The summed E-state index contributed by atoms with van der Waals surface area (Å²) in [7, 11) is 1.22. The van der Waals surface area contributed by atoms with Crippen LogP contribution in [0.25, 0.3) is 0 Å². The summed E-state index contributed by atoms with van der Waals surface area (Å²) in [6.45, 7) is 0. The Morgan fingerprint density at radius 2 is 1.89 bits per heavy atom. The highest BCUT2D eigenvalue weighted by molar-refractivity contribution is 9.09. The standard InChI is InChI=1S/C12H12BrF3O3/c1-18-11(17)10(6-7-13)19-9-4-2-8(3-5-9)12(14,15)16/h2-5,10H,6-7H2,1H3. The van der Waals surface area contributed by atoms with E-state index in [1.807, 2.05) is 0 Å². The minimum atomic E-state index is -4.39. The molecule has 0 aliphatic heterocycles. The second-order valence-electron chi connectivity index (χ2n) is 3.63. The molecule has 0 saturated heterocycles. The molecule has 0 fully saturated rings. The molecule has 0 amide bonds. The summed E-state index contributed by atoms with van der Waals surface area (Å²) < 4.78 is 46.9. The van der Waals surface area contributed by atoms with Crippen LogP contribution in [0.15, 0.2) is 24.3 Å². The largest absolute Gasteiger partial charge is 0.479 e. The Morgan fingerprint density at radius 1 is 1.32 bits per heavy atom. The quantitative estimate of drug-likeness (QED) is 0.608. The molecule has 0 N–H and O–H groups in total. The number of hydrogen-bond acceptors (Lipinski definition) is 3. The van der Waals surface area contributed by atoms with E-state index in [0.717, 1.165) is 12.1 Å². The van der Waals surface area contributed by atoms with Gasteiger partial charge in [-0.3, -0.25) is 0 Å². The van der Waals surface area contributed by atoms with E-state index in [1.165, 1.54) is 19.2 Å². The van der Waals surface area contributed by atoms with Crippen LogP contribution in [0.3, 0.4) is 0 Å². The summed E-state index contributed by atoms with van der Waals surface area (Å²) in [4.78, 5) is 11.4. The van der Waals surface area contributed by atoms with Crippen molar-refractivity contribution < 1.29 is 27.4 Å². The van der Waals surface area contributed by atoms with E-state index in [2.05, 4.69) is 20.7 Å². The highest BCUT2D eigenvalue weighted by Crippen LogP contribution is 2.30. The molecule has 106 valence electrons. The van der Waals surface area contributed by atoms with Crippen molar-refractivity contribution in [3.8, 4) is 5.75 Å². The zero-order valence-corrected chi connectivity index (χ0v) is 11.6. The number of benzene rings is 1. The SMILES string of the molecule is COC(=O)C(CCBr)Oc1ccc(C(F)(F)F)cc1. The van der Waals surface area contributed by atoms with Gasteiger partial charge >= 0.3 is 12.1 Å². The number of hydrogen-bond donors (Lipinski definition) is 0. The molecule has 19 heavy (non-hydrogen) atoms. The minimum absolute atomic E-state index is 0.185. The van der Waals surface area contributed by atoms with Crippen LogP contribution in [0.2, 0.25) is 0 Å². The van der Waals surface area contributed by atoms with Gasteiger partial charge in [-0.25, -0.2) is 4.79 Å². The lowest BCUT2D eigenvalue weighted by Gasteiger charge is -2.16. The van der Waals surface area contributed by atoms with Crippen LogP contribution in [-0.4, -0.2) is 24.5 Å². The smallest absolute Gasteiger partial charge is 0.416 e. The van der Waals surface area contributed by atoms with Crippen molar-refractivity contribution in [3.63, 3.8) is 0 Å². The molecule has 0 aliphatic carbocycles. The maximum absolute atomic E-state index is 12.4. The highest BCUT2D eigenvalue weighted by Gasteiger charge is 2.30. The van der Waals surface area contributed by atoms with Crippen LogP contribution in [0.1, 0.15) is 12.0 Å². The molecular formula is C12H12BrF3O3. The number of carbonyl (C=O) groups excluding carboxylic acids is 1. The molecule has 0 aromatic heterocycles. The van der Waals surface area contributed by atoms with E-state index in [4.69, 9.17) is 4.74 Å². The number of carbonyl (C=O) groups is 1. The van der Waals surface area contributed by atoms with Crippen molar-refractivity contribution in [1.29, 1.82) is 0 Å². The summed E-state index contributed by atoms with van der Waals surface area (Å²) in [6.07, 6.45) is -4.88. The highest BCUT2D eigenvalue weighted by atomic mass is 79.9. The molecular weight excluding hydrogens is 329 g/mol. The van der Waals surface area contributed by atoms with Crippen molar-refractivity contribution in [2.75, 3.05) is 12.4 Å². The van der Waals surface area contributed by atoms with Gasteiger partial charge in [0.25, 0.3) is 0 Å². The summed E-state index contributed by atoms with van der Waals surface area (Å²) in [5, 5.41) is 0.507. The van der Waals surface area contributed by atoms with Crippen LogP contribution < -0.4 is 4.74 Å². The summed E-state index contributed by atoms with van der Waals surface area (Å²) in [5.41, 5.74) is -0.769. The maximum Gasteiger partial charge on any atom is 0.416 e. The van der Waals surface area contributed by atoms with Crippen molar-refractivity contribution in [2.45, 2.75) is 18.7 Å². The topological polar surface area (TPSA) is 35.5 Å². The molecule has 1 atom stereocenters. The average molecular weight is 341 g/mol. The zero-order valence-electron chi connectivity index (χ0n) is 10.0. The third-order valence-corrected chi connectivity index (χ3v) is 2.75. The van der Waals surface area contributed by atoms with Gasteiger partial charge in [0.15, 0.2) is 6.10 Å². The first kappa shape index (κ1) is 15.8. The summed E-state index contributed by atoms with van der Waals surface area (Å²) in [6, 6.07) is 4.15. The van der Waals surface area contributed by atoms with Gasteiger partial charge < -0.3 is 9.47 Å². The van der Waals surface area contributed by atoms with Gasteiger partial charge in [0.1, 0.15) is 5.75 Å². The Bertz CT molecular complexity index is 417. The van der Waals surface area contributed by atoms with E-state index in [1.54, 1.807) is 0 Å². The second kappa shape index (κ2) is 6.79. The Balaban J connectivity index is 2.78. The van der Waals surface area contributed by atoms with Gasteiger partial charge in [-0.2, -0.15) is 13.2 Å². The van der Waals surface area contributed by atoms with Gasteiger partial charge in [0, 0.05) is 11.8 Å². The molecule has 3 nitrogen and oxygen atoms in total. The average Bonchev–Trinajstić information content (AvgIpc) is 2.37. The molecule has 1 aromatic carbocycles. The van der Waals surface area contributed by atoms with Gasteiger partial charge in [0.05, 0.1) is 12.7 Å². The van der Waals surface area contributed by atoms with Crippen molar-refractivity contribution in [2.24, 2.45) is 0 Å². The molecule has 1 unspecified atom stereocenters. The Morgan fingerprint density at radius 3 is 2.32 bits per heavy atom. The fourth-order valence-corrected chi connectivity index (χ4v) is 1.76. The number of methoxy groups -OCH3 is 1. The fraction of sp³-hybridized carbons (Fsp3) is 0.417. The van der Waals surface area contributed by atoms with Crippen LogP contribution in [0.4, 0.5) is 13.2 Å². The van der Waals surface area contributed by atoms with Gasteiger partial charge in [-0.1, -0.05) is 15.9 Å². The first-order valence-electron chi connectivity index (χ1n) is 5.36. The zero-order chi connectivity index (χ0) is 14.5. The Hall–Kier alpha value is -1.24. The molecule has 7 heteroatoms. The van der Waals surface area contributed by atoms with E-state index < -0.39 is 23.8 Å². The van der Waals surface area contributed by atoms with Crippen LogP contribution in [0, 0.1) is 0 Å². The van der Waals surface area contributed by atoms with E-state index in [-0.39, 0.29) is 5.75 Å². The van der Waals surface area contributed by atoms with Crippen molar-refractivity contribution >= 4 is 21.9 Å². The molecule has 0 aliphatic rings. The lowest BCUT2D eigenvalue weighted by Crippen LogP contribution is -2.29. The normalized spacial score (nSPS) is 12.9. The number of ether oxygens (including phenoxy) is 2. The van der Waals surface area contributed by atoms with Crippen LogP contribution in [-0.2, 0) is 15.7 Å². The first-order valence-corrected chi connectivity index (χ1v) is 6.48. The van der Waals surface area contributed by atoms with Crippen LogP contribution >= 0.6 is 15.9 Å². The Kier molecular flexibility index (Phi) is 5.65. The summed E-state index contributed by atoms with van der Waals surface area (Å²) in [5.74, 6) is -0.385. The van der Waals surface area contributed by atoms with Gasteiger partial charge in [0.2, 0.25) is 0 Å². The third kappa shape index (κ3) is 4.74. The minimum Gasteiger partial charge on any atom is -0.479 e. The monoisotopic (exact) mass is 340 g/mol. The number of esters is 1. The number of rotatable bonds is 5. The third-order valence-electron chi connectivity index (χ3n) is 2.30.